The Kier molecular flexibility index (Phi) is 8.83. The van der Waals surface area contributed by atoms with Gasteiger partial charge in [0.15, 0.2) is 0 Å². The van der Waals surface area contributed by atoms with Gasteiger partial charge in [0.2, 0.25) is 0 Å². The van der Waals surface area contributed by atoms with Gasteiger partial charge >= 0.3 is 18.3 Å². The summed E-state index contributed by atoms with van der Waals surface area (Å²) in [5.41, 5.74) is -1.01. The second-order valence-electron chi connectivity index (χ2n) is 8.41. The normalized spacial score (nSPS) is 22.8. The number of H-pyrrole nitrogens is 1. The van der Waals surface area contributed by atoms with E-state index in [0.29, 0.717) is 12.2 Å². The van der Waals surface area contributed by atoms with Crippen LogP contribution in [0.4, 0.5) is 0 Å². The average molecular weight is 512 g/mol. The molecule has 1 aliphatic rings. The highest BCUT2D eigenvalue weighted by atomic mass is 32.5. The van der Waals surface area contributed by atoms with E-state index in [2.05, 4.69) is 10.1 Å². The molecule has 0 bridgehead atoms. The number of para-hydroxylation sites is 1. The zero-order chi connectivity index (χ0) is 24.9. The molecule has 0 amide bonds. The number of hydrogen-bond donors (Lipinski definition) is 2. The summed E-state index contributed by atoms with van der Waals surface area (Å²) in [6.07, 6.45) is 0.811. The van der Waals surface area contributed by atoms with Gasteiger partial charge in [-0.1, -0.05) is 25.1 Å². The molecule has 1 aromatic carbocycles. The molecular formula is C22H30N3O7PS. The summed E-state index contributed by atoms with van der Waals surface area (Å²) in [5.74, 6) is 0.0203. The number of aromatic nitrogens is 2. The number of aromatic amines is 1. The molecular weight excluding hydrogens is 481 g/mol. The van der Waals surface area contributed by atoms with Gasteiger partial charge < -0.3 is 18.5 Å². The average Bonchev–Trinajstić information content (AvgIpc) is 3.13. The van der Waals surface area contributed by atoms with Crippen LogP contribution < -0.4 is 20.9 Å². The molecule has 0 aliphatic carbocycles. The molecule has 3 rings (SSSR count). The van der Waals surface area contributed by atoms with Crippen molar-refractivity contribution in [1.29, 1.82) is 0 Å². The molecule has 1 aliphatic heterocycles. The van der Waals surface area contributed by atoms with Gasteiger partial charge in [-0.3, -0.25) is 19.1 Å². The van der Waals surface area contributed by atoms with Crippen LogP contribution in [0.2, 0.25) is 0 Å². The molecule has 2 heterocycles. The second-order valence-corrected chi connectivity index (χ2v) is 11.5. The van der Waals surface area contributed by atoms with Crippen LogP contribution in [0.25, 0.3) is 0 Å². The molecule has 2 aromatic rings. The molecule has 0 radical (unpaired) electrons. The number of carbonyl (C=O) groups excluding carboxylic acids is 1. The van der Waals surface area contributed by atoms with Crippen LogP contribution in [0, 0.1) is 5.92 Å². The largest absolute Gasteiger partial charge is 0.462 e. The van der Waals surface area contributed by atoms with Gasteiger partial charge in [0.1, 0.15) is 18.0 Å². The van der Waals surface area contributed by atoms with Crippen LogP contribution >= 0.6 is 6.64 Å². The van der Waals surface area contributed by atoms with Gasteiger partial charge in [-0.25, -0.2) is 9.88 Å². The summed E-state index contributed by atoms with van der Waals surface area (Å²) >= 11 is 5.71. The SMILES string of the molecule is CC(C)OC(=O)[C@H](C)N[P@](=S)(OC[C@@H]1C[C@H](C)[C@H](n2ccc(=O)[nH]c2=O)O1)Oc1ccccc1. The predicted octanol–water partition coefficient (Wildman–Crippen LogP) is 2.71. The Labute approximate surface area is 202 Å². The first-order chi connectivity index (χ1) is 16.1. The molecule has 186 valence electrons. The number of nitrogens with one attached hydrogen (secondary N) is 2. The summed E-state index contributed by atoms with van der Waals surface area (Å²) < 4.78 is 24.7. The maximum absolute atomic E-state index is 12.3. The van der Waals surface area contributed by atoms with Gasteiger partial charge in [-0.2, -0.15) is 0 Å². The van der Waals surface area contributed by atoms with Crippen molar-refractivity contribution in [3.8, 4) is 5.75 Å². The standard InChI is InChI=1S/C22H30N3O7PS/c1-14(2)30-21(27)16(4)24-33(34,32-17-8-6-5-7-9-17)29-13-18-12-15(3)20(31-18)25-11-10-19(26)23-22(25)28/h5-11,14-16,18,20H,12-13H2,1-4H3,(H,24,34)(H,23,26,28)/t15-,16-,18-,20+,33-/m0/s1. The molecule has 34 heavy (non-hydrogen) atoms. The van der Waals surface area contributed by atoms with E-state index in [1.54, 1.807) is 45.0 Å². The first-order valence-electron chi connectivity index (χ1n) is 11.0. The number of ether oxygens (including phenoxy) is 2. The van der Waals surface area contributed by atoms with Gasteiger partial charge in [-0.05, 0) is 51.1 Å². The lowest BCUT2D eigenvalue weighted by Crippen LogP contribution is -2.36. The Morgan fingerprint density at radius 3 is 2.62 bits per heavy atom. The summed E-state index contributed by atoms with van der Waals surface area (Å²) in [5, 5.41) is 3.00. The van der Waals surface area contributed by atoms with E-state index in [4.69, 9.17) is 30.3 Å². The van der Waals surface area contributed by atoms with Crippen molar-refractivity contribution in [2.24, 2.45) is 5.92 Å². The first-order valence-corrected chi connectivity index (χ1v) is 13.6. The lowest BCUT2D eigenvalue weighted by atomic mass is 10.1. The molecule has 5 atom stereocenters. The Hall–Kier alpha value is -2.30. The highest BCUT2D eigenvalue weighted by Gasteiger charge is 2.36. The quantitative estimate of drug-likeness (QED) is 0.366. The van der Waals surface area contributed by atoms with E-state index in [1.165, 1.54) is 16.8 Å². The van der Waals surface area contributed by atoms with E-state index < -0.39 is 36.1 Å². The highest BCUT2D eigenvalue weighted by Crippen LogP contribution is 2.46. The van der Waals surface area contributed by atoms with Crippen molar-refractivity contribution in [2.75, 3.05) is 6.61 Å². The maximum atomic E-state index is 12.3. The van der Waals surface area contributed by atoms with E-state index in [9.17, 15) is 14.4 Å². The van der Waals surface area contributed by atoms with Crippen molar-refractivity contribution < 1.29 is 23.3 Å². The van der Waals surface area contributed by atoms with Crippen molar-refractivity contribution in [3.63, 3.8) is 0 Å². The summed E-state index contributed by atoms with van der Waals surface area (Å²) in [6.45, 7) is 4.01. The molecule has 1 aromatic heterocycles. The first kappa shape index (κ1) is 26.3. The van der Waals surface area contributed by atoms with Crippen LogP contribution in [0.5, 0.6) is 5.75 Å². The molecule has 10 nitrogen and oxygen atoms in total. The minimum absolute atomic E-state index is 0.0157. The third-order valence-corrected chi connectivity index (χ3v) is 7.53. The Morgan fingerprint density at radius 1 is 1.26 bits per heavy atom. The number of rotatable bonds is 10. The van der Waals surface area contributed by atoms with Crippen molar-refractivity contribution in [2.45, 2.75) is 58.6 Å². The number of nitrogens with zero attached hydrogens (tertiary/aromatic N) is 1. The number of hydrogen-bond acceptors (Lipinski definition) is 8. The fourth-order valence-corrected chi connectivity index (χ4v) is 5.94. The molecule has 12 heteroatoms. The fourth-order valence-electron chi connectivity index (χ4n) is 3.51. The monoisotopic (exact) mass is 511 g/mol. The topological polar surface area (TPSA) is 121 Å². The molecule has 0 spiro atoms. The Bertz CT molecular complexity index is 1140. The number of esters is 1. The van der Waals surface area contributed by atoms with Crippen LogP contribution in [-0.4, -0.2) is 40.4 Å². The lowest BCUT2D eigenvalue weighted by molar-refractivity contribution is -0.149. The van der Waals surface area contributed by atoms with E-state index in [0.717, 1.165) is 0 Å². The fraction of sp³-hybridized carbons (Fsp3) is 0.500. The predicted molar refractivity (Wildman–Crippen MR) is 130 cm³/mol. The van der Waals surface area contributed by atoms with Crippen molar-refractivity contribution >= 4 is 24.4 Å². The van der Waals surface area contributed by atoms with E-state index in [-0.39, 0.29) is 24.7 Å². The zero-order valence-electron chi connectivity index (χ0n) is 19.5. The molecule has 2 N–H and O–H groups in total. The molecule has 1 fully saturated rings. The van der Waals surface area contributed by atoms with Gasteiger partial charge in [-0.15, -0.1) is 0 Å². The third kappa shape index (κ3) is 7.10. The van der Waals surface area contributed by atoms with Crippen LogP contribution in [0.1, 0.15) is 40.3 Å². The van der Waals surface area contributed by atoms with Crippen molar-refractivity contribution in [3.05, 3.63) is 63.4 Å². The van der Waals surface area contributed by atoms with Gasteiger partial charge in [0.05, 0.1) is 18.8 Å². The van der Waals surface area contributed by atoms with Gasteiger partial charge in [0, 0.05) is 18.2 Å². The third-order valence-electron chi connectivity index (χ3n) is 5.04. The number of benzene rings is 1. The molecule has 1 saturated heterocycles. The number of carbonyl (C=O) groups is 1. The van der Waals surface area contributed by atoms with Crippen LogP contribution in [0.3, 0.4) is 0 Å². The Morgan fingerprint density at radius 2 is 1.97 bits per heavy atom. The van der Waals surface area contributed by atoms with Gasteiger partial charge in [0.25, 0.3) is 5.56 Å². The minimum atomic E-state index is -3.19. The van der Waals surface area contributed by atoms with E-state index >= 15 is 0 Å². The second kappa shape index (κ2) is 11.4. The summed E-state index contributed by atoms with van der Waals surface area (Å²) in [7, 11) is 0. The smallest absolute Gasteiger partial charge is 0.330 e. The molecule has 0 unspecified atom stereocenters. The van der Waals surface area contributed by atoms with Crippen LogP contribution in [-0.2, 0) is 30.6 Å². The van der Waals surface area contributed by atoms with Crippen LogP contribution in [0.15, 0.2) is 52.2 Å². The minimum Gasteiger partial charge on any atom is -0.462 e. The lowest BCUT2D eigenvalue weighted by Gasteiger charge is -2.27. The Balaban J connectivity index is 1.71. The van der Waals surface area contributed by atoms with Crippen molar-refractivity contribution in [1.82, 2.24) is 14.6 Å². The maximum Gasteiger partial charge on any atom is 0.330 e. The van der Waals surface area contributed by atoms with E-state index in [1.807, 2.05) is 13.0 Å². The zero-order valence-corrected chi connectivity index (χ0v) is 21.2. The molecule has 0 saturated carbocycles. The highest BCUT2D eigenvalue weighted by molar-refractivity contribution is 8.09. The summed E-state index contributed by atoms with van der Waals surface area (Å²) in [6, 6.07) is 9.47. The summed E-state index contributed by atoms with van der Waals surface area (Å²) in [4.78, 5) is 38.1.